The summed E-state index contributed by atoms with van der Waals surface area (Å²) in [4.78, 5) is 11.2. The zero-order valence-corrected chi connectivity index (χ0v) is 10.9. The van der Waals surface area contributed by atoms with Crippen molar-refractivity contribution in [3.05, 3.63) is 35.1 Å². The number of halogens is 1. The third kappa shape index (κ3) is 4.75. The van der Waals surface area contributed by atoms with Gasteiger partial charge in [0.1, 0.15) is 11.7 Å². The van der Waals surface area contributed by atoms with Crippen LogP contribution in [0.4, 0.5) is 4.39 Å². The second-order valence-corrected chi connectivity index (χ2v) is 4.69. The average molecular weight is 269 g/mol. The number of rotatable bonds is 6. The first-order valence-corrected chi connectivity index (χ1v) is 6.66. The van der Waals surface area contributed by atoms with Crippen LogP contribution in [0.15, 0.2) is 18.2 Å². The molecule has 0 saturated carbocycles. The maximum absolute atomic E-state index is 13.3. The highest BCUT2D eigenvalue weighted by molar-refractivity contribution is 7.99. The van der Waals surface area contributed by atoms with Crippen molar-refractivity contribution in [3.8, 4) is 0 Å². The van der Waals surface area contributed by atoms with E-state index < -0.39 is 5.82 Å². The van der Waals surface area contributed by atoms with Gasteiger partial charge in [-0.25, -0.2) is 4.39 Å². The van der Waals surface area contributed by atoms with Crippen molar-refractivity contribution in [2.45, 2.75) is 12.7 Å². The maximum Gasteiger partial charge on any atom is 0.229 e. The average Bonchev–Trinajstić information content (AvgIpc) is 2.28. The molecular weight excluding hydrogens is 253 g/mol. The number of amides is 1. The van der Waals surface area contributed by atoms with Crippen LogP contribution in [-0.2, 0) is 10.5 Å². The molecule has 1 amide bonds. The van der Waals surface area contributed by atoms with Crippen LogP contribution < -0.4 is 11.1 Å². The molecule has 1 rings (SSSR count). The van der Waals surface area contributed by atoms with Gasteiger partial charge in [0.05, 0.1) is 5.75 Å². The molecule has 0 bridgehead atoms. The van der Waals surface area contributed by atoms with Crippen molar-refractivity contribution < 1.29 is 9.18 Å². The lowest BCUT2D eigenvalue weighted by molar-refractivity contribution is -0.118. The molecule has 0 aliphatic heterocycles. The van der Waals surface area contributed by atoms with Crippen LogP contribution in [0.5, 0.6) is 0 Å². The zero-order valence-electron chi connectivity index (χ0n) is 10.1. The van der Waals surface area contributed by atoms with Crippen molar-refractivity contribution in [2.75, 3.05) is 12.3 Å². The lowest BCUT2D eigenvalue weighted by Crippen LogP contribution is -2.24. The number of nitrogen functional groups attached to an aromatic ring is 1. The van der Waals surface area contributed by atoms with E-state index in [-0.39, 0.29) is 11.7 Å². The minimum Gasteiger partial charge on any atom is -0.384 e. The van der Waals surface area contributed by atoms with E-state index in [9.17, 15) is 9.18 Å². The molecule has 0 radical (unpaired) electrons. The summed E-state index contributed by atoms with van der Waals surface area (Å²) in [5.74, 6) is 0.223. The molecule has 1 aromatic rings. The van der Waals surface area contributed by atoms with E-state index >= 15 is 0 Å². The van der Waals surface area contributed by atoms with E-state index in [1.54, 1.807) is 6.07 Å². The summed E-state index contributed by atoms with van der Waals surface area (Å²) in [5.41, 5.74) is 6.40. The lowest BCUT2D eigenvalue weighted by atomic mass is 10.1. The van der Waals surface area contributed by atoms with Gasteiger partial charge in [-0.05, 0) is 30.7 Å². The fourth-order valence-corrected chi connectivity index (χ4v) is 2.19. The van der Waals surface area contributed by atoms with Crippen molar-refractivity contribution in [3.63, 3.8) is 0 Å². The molecule has 0 aliphatic rings. The van der Waals surface area contributed by atoms with Crippen LogP contribution in [0.25, 0.3) is 0 Å². The molecule has 6 heteroatoms. The van der Waals surface area contributed by atoms with E-state index in [4.69, 9.17) is 11.1 Å². The molecule has 0 spiro atoms. The topological polar surface area (TPSA) is 79.0 Å². The third-order valence-electron chi connectivity index (χ3n) is 2.14. The summed E-state index contributed by atoms with van der Waals surface area (Å²) < 4.78 is 13.3. The Morgan fingerprint density at radius 2 is 2.22 bits per heavy atom. The molecule has 0 unspecified atom stereocenters. The summed E-state index contributed by atoms with van der Waals surface area (Å²) in [6.07, 6.45) is 0. The molecule has 18 heavy (non-hydrogen) atoms. The number of thioether (sulfide) groups is 1. The fraction of sp³-hybridized carbons (Fsp3) is 0.333. The number of carbonyl (C=O) groups excluding carboxylic acids is 1. The van der Waals surface area contributed by atoms with Crippen LogP contribution in [0.2, 0.25) is 0 Å². The summed E-state index contributed by atoms with van der Waals surface area (Å²) in [6, 6.07) is 4.27. The van der Waals surface area contributed by atoms with Crippen LogP contribution in [0, 0.1) is 11.2 Å². The first-order chi connectivity index (χ1) is 8.52. The Balaban J connectivity index is 2.57. The van der Waals surface area contributed by atoms with E-state index in [0.717, 1.165) is 5.56 Å². The monoisotopic (exact) mass is 269 g/mol. The van der Waals surface area contributed by atoms with E-state index in [0.29, 0.717) is 23.6 Å². The first-order valence-electron chi connectivity index (χ1n) is 5.51. The fourth-order valence-electron chi connectivity index (χ4n) is 1.40. The lowest BCUT2D eigenvalue weighted by Gasteiger charge is -2.05. The predicted octanol–water partition coefficient (Wildman–Crippen LogP) is 1.48. The van der Waals surface area contributed by atoms with Gasteiger partial charge in [0.25, 0.3) is 0 Å². The summed E-state index contributed by atoms with van der Waals surface area (Å²) in [6.45, 7) is 2.46. The molecule has 0 heterocycles. The van der Waals surface area contributed by atoms with Crippen LogP contribution in [-0.4, -0.2) is 24.0 Å². The van der Waals surface area contributed by atoms with Gasteiger partial charge in [0.15, 0.2) is 0 Å². The molecule has 0 fully saturated rings. The highest BCUT2D eigenvalue weighted by Crippen LogP contribution is 2.15. The van der Waals surface area contributed by atoms with Gasteiger partial charge in [-0.2, -0.15) is 0 Å². The second kappa shape index (κ2) is 7.00. The molecule has 1 aromatic carbocycles. The molecular formula is C12H16FN3OS. The Bertz CT molecular complexity index is 451. The minimum atomic E-state index is -0.420. The van der Waals surface area contributed by atoms with Crippen LogP contribution in [0.3, 0.4) is 0 Å². The van der Waals surface area contributed by atoms with Crippen LogP contribution in [0.1, 0.15) is 18.1 Å². The Morgan fingerprint density at radius 3 is 2.83 bits per heavy atom. The smallest absolute Gasteiger partial charge is 0.229 e. The van der Waals surface area contributed by atoms with Gasteiger partial charge < -0.3 is 11.1 Å². The van der Waals surface area contributed by atoms with Crippen molar-refractivity contribution in [1.29, 1.82) is 5.41 Å². The second-order valence-electron chi connectivity index (χ2n) is 3.71. The number of nitrogens with two attached hydrogens (primary N) is 1. The van der Waals surface area contributed by atoms with Gasteiger partial charge in [-0.15, -0.1) is 11.8 Å². The minimum absolute atomic E-state index is 0.0364. The van der Waals surface area contributed by atoms with Crippen LogP contribution >= 0.6 is 11.8 Å². The molecule has 0 aliphatic carbocycles. The number of benzene rings is 1. The summed E-state index contributed by atoms with van der Waals surface area (Å²) in [5, 5.41) is 9.95. The number of carbonyl (C=O) groups is 1. The van der Waals surface area contributed by atoms with Crippen molar-refractivity contribution >= 4 is 23.5 Å². The Labute approximate surface area is 110 Å². The molecule has 4 nitrogen and oxygen atoms in total. The molecule has 4 N–H and O–H groups in total. The SMILES string of the molecule is CCNC(=O)CSCc1cc(F)cc(C(=N)N)c1. The summed E-state index contributed by atoms with van der Waals surface area (Å²) in [7, 11) is 0. The normalized spacial score (nSPS) is 10.1. The number of amidine groups is 1. The molecule has 98 valence electrons. The van der Waals surface area contributed by atoms with Gasteiger partial charge in [-0.1, -0.05) is 0 Å². The zero-order chi connectivity index (χ0) is 13.5. The maximum atomic E-state index is 13.3. The quantitative estimate of drug-likeness (QED) is 0.540. The number of nitrogens with one attached hydrogen (secondary N) is 2. The molecule has 0 aromatic heterocycles. The van der Waals surface area contributed by atoms with E-state index in [2.05, 4.69) is 5.32 Å². The first kappa shape index (κ1) is 14.5. The summed E-state index contributed by atoms with van der Waals surface area (Å²) >= 11 is 1.39. The van der Waals surface area contributed by atoms with Gasteiger partial charge in [-0.3, -0.25) is 10.2 Å². The van der Waals surface area contributed by atoms with Gasteiger partial charge in [0.2, 0.25) is 5.91 Å². The number of hydrogen-bond acceptors (Lipinski definition) is 3. The Morgan fingerprint density at radius 1 is 1.50 bits per heavy atom. The standard InChI is InChI=1S/C12H16FN3OS/c1-2-16-11(17)7-18-6-8-3-9(12(14)15)5-10(13)4-8/h3-5H,2,6-7H2,1H3,(H3,14,15)(H,16,17). The molecule has 0 saturated heterocycles. The van der Waals surface area contributed by atoms with Crippen molar-refractivity contribution in [1.82, 2.24) is 5.32 Å². The van der Waals surface area contributed by atoms with Gasteiger partial charge in [0, 0.05) is 17.9 Å². The highest BCUT2D eigenvalue weighted by Gasteiger charge is 2.05. The number of hydrogen-bond donors (Lipinski definition) is 3. The Hall–Kier alpha value is -1.56. The molecule has 0 atom stereocenters. The van der Waals surface area contributed by atoms with E-state index in [1.807, 2.05) is 6.92 Å². The highest BCUT2D eigenvalue weighted by atomic mass is 32.2. The largest absolute Gasteiger partial charge is 0.384 e. The third-order valence-corrected chi connectivity index (χ3v) is 3.15. The van der Waals surface area contributed by atoms with E-state index in [1.165, 1.54) is 23.9 Å². The van der Waals surface area contributed by atoms with Gasteiger partial charge >= 0.3 is 0 Å². The van der Waals surface area contributed by atoms with Crippen molar-refractivity contribution in [2.24, 2.45) is 5.73 Å². The Kier molecular flexibility index (Phi) is 5.64. The predicted molar refractivity (Wildman–Crippen MR) is 72.3 cm³/mol.